The average Bonchev–Trinajstić information content (AvgIpc) is 2.77. The number of sulfonamides is 1. The number of halogens is 2. The van der Waals surface area contributed by atoms with Crippen LogP contribution in [-0.2, 0) is 14.8 Å². The first-order valence-electron chi connectivity index (χ1n) is 9.97. The summed E-state index contributed by atoms with van der Waals surface area (Å²) in [6.07, 6.45) is 0.256. The van der Waals surface area contributed by atoms with Gasteiger partial charge in [0.05, 0.1) is 5.75 Å². The summed E-state index contributed by atoms with van der Waals surface area (Å²) >= 11 is 0. The molecular weight excluding hydrogens is 428 g/mol. The van der Waals surface area contributed by atoms with E-state index in [1.165, 1.54) is 34.6 Å². The summed E-state index contributed by atoms with van der Waals surface area (Å²) in [5.74, 6) is -1.41. The first-order valence-corrected chi connectivity index (χ1v) is 11.6. The third kappa shape index (κ3) is 6.63. The van der Waals surface area contributed by atoms with Crippen molar-refractivity contribution < 1.29 is 26.7 Å². The molecule has 1 aliphatic heterocycles. The maximum Gasteiger partial charge on any atom is 0.257 e. The van der Waals surface area contributed by atoms with E-state index in [2.05, 4.69) is 5.32 Å². The number of ether oxygens (including phenoxy) is 1. The number of nitrogens with zero attached hydrogens (tertiary/aromatic N) is 2. The average molecular weight is 454 g/mol. The minimum absolute atomic E-state index is 0.0139. The van der Waals surface area contributed by atoms with E-state index in [0.717, 1.165) is 5.69 Å². The third-order valence-electron chi connectivity index (χ3n) is 4.92. The topological polar surface area (TPSA) is 78.9 Å². The van der Waals surface area contributed by atoms with Gasteiger partial charge in [-0.1, -0.05) is 12.1 Å². The molecule has 2 aromatic rings. The third-order valence-corrected chi connectivity index (χ3v) is 6.88. The van der Waals surface area contributed by atoms with Crippen LogP contribution in [0.2, 0.25) is 0 Å². The lowest BCUT2D eigenvalue weighted by atomic mass is 10.2. The van der Waals surface area contributed by atoms with Crippen LogP contribution in [0.15, 0.2) is 48.5 Å². The number of anilines is 1. The predicted octanol–water partition coefficient (Wildman–Crippen LogP) is 2.00. The van der Waals surface area contributed by atoms with E-state index in [1.54, 1.807) is 18.2 Å². The minimum atomic E-state index is -3.44. The fourth-order valence-corrected chi connectivity index (χ4v) is 4.73. The van der Waals surface area contributed by atoms with Crippen molar-refractivity contribution in [2.45, 2.75) is 6.42 Å². The summed E-state index contributed by atoms with van der Waals surface area (Å²) in [7, 11) is -3.44. The molecule has 1 aliphatic rings. The van der Waals surface area contributed by atoms with Gasteiger partial charge in [-0.15, -0.1) is 0 Å². The van der Waals surface area contributed by atoms with Crippen molar-refractivity contribution in [3.05, 3.63) is 60.2 Å². The Morgan fingerprint density at radius 1 is 1.00 bits per heavy atom. The zero-order valence-corrected chi connectivity index (χ0v) is 17.8. The number of benzene rings is 2. The Morgan fingerprint density at radius 2 is 1.68 bits per heavy atom. The Balaban J connectivity index is 1.36. The Kier molecular flexibility index (Phi) is 7.80. The van der Waals surface area contributed by atoms with Crippen LogP contribution in [-0.4, -0.2) is 63.7 Å². The lowest BCUT2D eigenvalue weighted by molar-refractivity contribution is -0.123. The van der Waals surface area contributed by atoms with Crippen LogP contribution in [0.25, 0.3) is 0 Å². The largest absolute Gasteiger partial charge is 0.481 e. The second-order valence-electron chi connectivity index (χ2n) is 7.10. The molecule has 0 radical (unpaired) electrons. The Bertz CT molecular complexity index is 978. The molecule has 1 fully saturated rings. The number of carbonyl (C=O) groups excluding carboxylic acids is 1. The van der Waals surface area contributed by atoms with Gasteiger partial charge in [0.2, 0.25) is 10.0 Å². The highest BCUT2D eigenvalue weighted by Crippen LogP contribution is 2.18. The molecule has 7 nitrogen and oxygen atoms in total. The molecule has 10 heteroatoms. The molecule has 1 heterocycles. The van der Waals surface area contributed by atoms with Crippen LogP contribution < -0.4 is 15.0 Å². The van der Waals surface area contributed by atoms with Gasteiger partial charge in [0.1, 0.15) is 5.82 Å². The van der Waals surface area contributed by atoms with Crippen molar-refractivity contribution in [1.29, 1.82) is 0 Å². The monoisotopic (exact) mass is 453 g/mol. The molecule has 0 unspecified atom stereocenters. The van der Waals surface area contributed by atoms with Crippen molar-refractivity contribution in [3.8, 4) is 5.75 Å². The van der Waals surface area contributed by atoms with E-state index >= 15 is 0 Å². The Morgan fingerprint density at radius 3 is 2.35 bits per heavy atom. The summed E-state index contributed by atoms with van der Waals surface area (Å²) in [5, 5.41) is 2.57. The molecular formula is C21H25F2N3O4S. The minimum Gasteiger partial charge on any atom is -0.481 e. The summed E-state index contributed by atoms with van der Waals surface area (Å²) < 4.78 is 58.1. The fourth-order valence-electron chi connectivity index (χ4n) is 3.24. The second-order valence-corrected chi connectivity index (χ2v) is 9.19. The number of nitrogens with one attached hydrogen (secondary N) is 1. The van der Waals surface area contributed by atoms with Crippen molar-refractivity contribution in [1.82, 2.24) is 9.62 Å². The van der Waals surface area contributed by atoms with Crippen LogP contribution in [0.1, 0.15) is 6.42 Å². The number of hydrogen-bond acceptors (Lipinski definition) is 5. The lowest BCUT2D eigenvalue weighted by Gasteiger charge is -2.35. The summed E-state index contributed by atoms with van der Waals surface area (Å²) in [6.45, 7) is 1.57. The number of amides is 1. The zero-order valence-electron chi connectivity index (χ0n) is 17.0. The quantitative estimate of drug-likeness (QED) is 0.588. The molecule has 31 heavy (non-hydrogen) atoms. The Labute approximate surface area is 180 Å². The molecule has 1 amide bonds. The van der Waals surface area contributed by atoms with Crippen molar-refractivity contribution in [2.75, 3.05) is 50.0 Å². The number of piperazine rings is 1. The molecule has 0 bridgehead atoms. The van der Waals surface area contributed by atoms with Gasteiger partial charge in [-0.2, -0.15) is 4.31 Å². The highest BCUT2D eigenvalue weighted by atomic mass is 32.2. The van der Waals surface area contributed by atoms with Gasteiger partial charge in [-0.3, -0.25) is 4.79 Å². The first kappa shape index (κ1) is 23.0. The SMILES string of the molecule is O=C(COc1ccccc1F)NCCCS(=O)(=O)N1CCN(c2ccc(F)cc2)CC1. The van der Waals surface area contributed by atoms with Crippen LogP contribution in [0.3, 0.4) is 0 Å². The van der Waals surface area contributed by atoms with Crippen molar-refractivity contribution in [2.24, 2.45) is 0 Å². The molecule has 1 N–H and O–H groups in total. The van der Waals surface area contributed by atoms with E-state index in [4.69, 9.17) is 4.74 Å². The van der Waals surface area contributed by atoms with Gasteiger partial charge in [0.25, 0.3) is 5.91 Å². The van der Waals surface area contributed by atoms with E-state index in [-0.39, 0.29) is 36.9 Å². The van der Waals surface area contributed by atoms with Gasteiger partial charge in [-0.25, -0.2) is 17.2 Å². The maximum atomic E-state index is 13.4. The van der Waals surface area contributed by atoms with Gasteiger partial charge in [0, 0.05) is 38.4 Å². The van der Waals surface area contributed by atoms with E-state index in [1.807, 2.05) is 4.90 Å². The van der Waals surface area contributed by atoms with Crippen LogP contribution in [0, 0.1) is 11.6 Å². The fraction of sp³-hybridized carbons (Fsp3) is 0.381. The zero-order chi connectivity index (χ0) is 22.3. The van der Waals surface area contributed by atoms with E-state index in [0.29, 0.717) is 26.2 Å². The van der Waals surface area contributed by atoms with Crippen molar-refractivity contribution >= 4 is 21.6 Å². The number of para-hydroxylation sites is 1. The predicted molar refractivity (Wildman–Crippen MR) is 113 cm³/mol. The molecule has 0 saturated carbocycles. The molecule has 0 aromatic heterocycles. The highest BCUT2D eigenvalue weighted by molar-refractivity contribution is 7.89. The first-order chi connectivity index (χ1) is 14.8. The van der Waals surface area contributed by atoms with Gasteiger partial charge >= 0.3 is 0 Å². The number of hydrogen-bond donors (Lipinski definition) is 1. The Hall–Kier alpha value is -2.72. The van der Waals surface area contributed by atoms with E-state index in [9.17, 15) is 22.0 Å². The van der Waals surface area contributed by atoms with Gasteiger partial charge in [0.15, 0.2) is 18.2 Å². The molecule has 0 spiro atoms. The molecule has 168 valence electrons. The standard InChI is InChI=1S/C21H25F2N3O4S/c22-17-6-8-18(9-7-17)25-11-13-26(14-12-25)31(28,29)15-3-10-24-21(27)16-30-20-5-2-1-4-19(20)23/h1-2,4-9H,3,10-16H2,(H,24,27). The summed E-state index contributed by atoms with van der Waals surface area (Å²) in [5.41, 5.74) is 0.860. The lowest BCUT2D eigenvalue weighted by Crippen LogP contribution is -2.49. The summed E-state index contributed by atoms with van der Waals surface area (Å²) in [4.78, 5) is 13.8. The highest BCUT2D eigenvalue weighted by Gasteiger charge is 2.26. The molecule has 0 atom stereocenters. The van der Waals surface area contributed by atoms with Gasteiger partial charge < -0.3 is 15.0 Å². The molecule has 0 aliphatic carbocycles. The summed E-state index contributed by atoms with van der Waals surface area (Å²) in [6, 6.07) is 11.9. The smallest absolute Gasteiger partial charge is 0.257 e. The molecule has 3 rings (SSSR count). The van der Waals surface area contributed by atoms with Gasteiger partial charge in [-0.05, 0) is 42.8 Å². The van der Waals surface area contributed by atoms with Crippen LogP contribution in [0.4, 0.5) is 14.5 Å². The normalized spacial score (nSPS) is 15.0. The number of carbonyl (C=O) groups is 1. The van der Waals surface area contributed by atoms with Crippen molar-refractivity contribution in [3.63, 3.8) is 0 Å². The molecule has 1 saturated heterocycles. The van der Waals surface area contributed by atoms with E-state index < -0.39 is 21.7 Å². The maximum absolute atomic E-state index is 13.4. The van der Waals surface area contributed by atoms with Crippen LogP contribution >= 0.6 is 0 Å². The van der Waals surface area contributed by atoms with Crippen LogP contribution in [0.5, 0.6) is 5.75 Å². The second kappa shape index (κ2) is 10.5. The number of rotatable bonds is 9. The molecule has 2 aromatic carbocycles.